The Morgan fingerprint density at radius 2 is 1.88 bits per heavy atom. The Bertz CT molecular complexity index is 344. The third-order valence-corrected chi connectivity index (χ3v) is 2.52. The molecular formula is C14H22N2O. The van der Waals surface area contributed by atoms with E-state index in [0.717, 1.165) is 18.7 Å². The van der Waals surface area contributed by atoms with E-state index in [1.165, 1.54) is 5.56 Å². The Kier molecular flexibility index (Phi) is 5.70. The molecule has 0 bridgehead atoms. The highest BCUT2D eigenvalue weighted by atomic mass is 16.1. The van der Waals surface area contributed by atoms with Crippen LogP contribution in [-0.2, 0) is 4.79 Å². The van der Waals surface area contributed by atoms with E-state index in [-0.39, 0.29) is 5.91 Å². The maximum absolute atomic E-state index is 11.6. The zero-order valence-corrected chi connectivity index (χ0v) is 10.9. The van der Waals surface area contributed by atoms with Crippen molar-refractivity contribution in [3.63, 3.8) is 0 Å². The van der Waals surface area contributed by atoms with Crippen LogP contribution in [0.15, 0.2) is 24.3 Å². The number of benzene rings is 1. The van der Waals surface area contributed by atoms with Crippen molar-refractivity contribution in [1.82, 2.24) is 5.32 Å². The zero-order valence-electron chi connectivity index (χ0n) is 10.9. The summed E-state index contributed by atoms with van der Waals surface area (Å²) in [6.07, 6.45) is 1.10. The second-order valence-electron chi connectivity index (χ2n) is 4.77. The third kappa shape index (κ3) is 6.07. The monoisotopic (exact) mass is 234 g/mol. The highest BCUT2D eigenvalue weighted by Crippen LogP contribution is 2.07. The highest BCUT2D eigenvalue weighted by molar-refractivity contribution is 5.92. The lowest BCUT2D eigenvalue weighted by Crippen LogP contribution is -2.29. The minimum atomic E-state index is 0.0117. The minimum absolute atomic E-state index is 0.0117. The standard InChI is InChI=1S/C14H22N2O/c1-11(2)8-9-15-10-14(17)16-13-6-4-12(3)5-7-13/h4-7,11,15H,8-10H2,1-3H3,(H,16,17). The van der Waals surface area contributed by atoms with E-state index in [1.54, 1.807) is 0 Å². The van der Waals surface area contributed by atoms with Gasteiger partial charge in [-0.2, -0.15) is 0 Å². The maximum atomic E-state index is 11.6. The van der Waals surface area contributed by atoms with E-state index in [2.05, 4.69) is 24.5 Å². The van der Waals surface area contributed by atoms with E-state index in [0.29, 0.717) is 12.5 Å². The number of hydrogen-bond donors (Lipinski definition) is 2. The Labute approximate surface area is 104 Å². The summed E-state index contributed by atoms with van der Waals surface area (Å²) in [5, 5.41) is 5.99. The molecule has 3 nitrogen and oxygen atoms in total. The first-order valence-electron chi connectivity index (χ1n) is 6.15. The molecule has 0 saturated carbocycles. The molecule has 0 aliphatic heterocycles. The van der Waals surface area contributed by atoms with E-state index in [1.807, 2.05) is 31.2 Å². The molecule has 0 aromatic heterocycles. The summed E-state index contributed by atoms with van der Waals surface area (Å²) in [4.78, 5) is 11.6. The molecule has 0 aliphatic carbocycles. The van der Waals surface area contributed by atoms with Gasteiger partial charge in [-0.1, -0.05) is 31.5 Å². The first-order chi connectivity index (χ1) is 8.08. The Balaban J connectivity index is 2.23. The molecule has 1 aromatic rings. The molecule has 0 radical (unpaired) electrons. The Morgan fingerprint density at radius 3 is 2.47 bits per heavy atom. The molecule has 0 fully saturated rings. The topological polar surface area (TPSA) is 41.1 Å². The van der Waals surface area contributed by atoms with E-state index in [4.69, 9.17) is 0 Å². The van der Waals surface area contributed by atoms with Gasteiger partial charge in [0.05, 0.1) is 6.54 Å². The summed E-state index contributed by atoms with van der Waals surface area (Å²) in [7, 11) is 0. The molecule has 0 unspecified atom stereocenters. The van der Waals surface area contributed by atoms with Crippen molar-refractivity contribution >= 4 is 11.6 Å². The molecule has 2 N–H and O–H groups in total. The minimum Gasteiger partial charge on any atom is -0.325 e. The largest absolute Gasteiger partial charge is 0.325 e. The van der Waals surface area contributed by atoms with E-state index in [9.17, 15) is 4.79 Å². The maximum Gasteiger partial charge on any atom is 0.238 e. The van der Waals surface area contributed by atoms with Gasteiger partial charge in [-0.15, -0.1) is 0 Å². The Morgan fingerprint density at radius 1 is 1.24 bits per heavy atom. The summed E-state index contributed by atoms with van der Waals surface area (Å²) < 4.78 is 0. The fourth-order valence-corrected chi connectivity index (χ4v) is 1.43. The number of amides is 1. The van der Waals surface area contributed by atoms with Crippen LogP contribution in [0.5, 0.6) is 0 Å². The van der Waals surface area contributed by atoms with Crippen molar-refractivity contribution in [1.29, 1.82) is 0 Å². The van der Waals surface area contributed by atoms with E-state index >= 15 is 0 Å². The van der Waals surface area contributed by atoms with E-state index < -0.39 is 0 Å². The zero-order chi connectivity index (χ0) is 12.7. The van der Waals surface area contributed by atoms with Crippen LogP contribution in [0.1, 0.15) is 25.8 Å². The summed E-state index contributed by atoms with van der Waals surface area (Å²) in [6.45, 7) is 7.64. The summed E-state index contributed by atoms with van der Waals surface area (Å²) in [6, 6.07) is 7.81. The molecule has 0 aliphatic rings. The van der Waals surface area contributed by atoms with Crippen molar-refractivity contribution in [2.75, 3.05) is 18.4 Å². The van der Waals surface area contributed by atoms with Crippen LogP contribution in [0.25, 0.3) is 0 Å². The predicted octanol–water partition coefficient (Wildman–Crippen LogP) is 2.57. The summed E-state index contributed by atoms with van der Waals surface area (Å²) in [5.74, 6) is 0.681. The second kappa shape index (κ2) is 7.07. The normalized spacial score (nSPS) is 10.6. The van der Waals surface area contributed by atoms with Gasteiger partial charge in [-0.05, 0) is 37.9 Å². The van der Waals surface area contributed by atoms with Crippen molar-refractivity contribution in [2.45, 2.75) is 27.2 Å². The van der Waals surface area contributed by atoms with Gasteiger partial charge in [0.1, 0.15) is 0 Å². The molecule has 1 amide bonds. The fraction of sp³-hybridized carbons (Fsp3) is 0.500. The van der Waals surface area contributed by atoms with Crippen LogP contribution in [0.2, 0.25) is 0 Å². The van der Waals surface area contributed by atoms with Gasteiger partial charge in [-0.25, -0.2) is 0 Å². The van der Waals surface area contributed by atoms with Crippen molar-refractivity contribution in [3.8, 4) is 0 Å². The molecular weight excluding hydrogens is 212 g/mol. The first-order valence-corrected chi connectivity index (χ1v) is 6.15. The summed E-state index contributed by atoms with van der Waals surface area (Å²) >= 11 is 0. The Hall–Kier alpha value is -1.35. The molecule has 0 saturated heterocycles. The van der Waals surface area contributed by atoms with Gasteiger partial charge in [0.15, 0.2) is 0 Å². The quantitative estimate of drug-likeness (QED) is 0.743. The molecule has 3 heteroatoms. The fourth-order valence-electron chi connectivity index (χ4n) is 1.43. The SMILES string of the molecule is Cc1ccc(NC(=O)CNCCC(C)C)cc1. The molecule has 17 heavy (non-hydrogen) atoms. The lowest BCUT2D eigenvalue weighted by Gasteiger charge is -2.08. The number of hydrogen-bond acceptors (Lipinski definition) is 2. The van der Waals surface area contributed by atoms with Crippen LogP contribution < -0.4 is 10.6 Å². The van der Waals surface area contributed by atoms with Gasteiger partial charge < -0.3 is 10.6 Å². The lowest BCUT2D eigenvalue weighted by molar-refractivity contribution is -0.115. The van der Waals surface area contributed by atoms with Gasteiger partial charge in [0, 0.05) is 5.69 Å². The smallest absolute Gasteiger partial charge is 0.238 e. The van der Waals surface area contributed by atoms with Crippen LogP contribution >= 0.6 is 0 Å². The number of carbonyl (C=O) groups excluding carboxylic acids is 1. The van der Waals surface area contributed by atoms with Gasteiger partial charge in [0.25, 0.3) is 0 Å². The van der Waals surface area contributed by atoms with Crippen LogP contribution in [0.4, 0.5) is 5.69 Å². The number of rotatable bonds is 6. The van der Waals surface area contributed by atoms with Crippen molar-refractivity contribution in [2.24, 2.45) is 5.92 Å². The number of nitrogens with one attached hydrogen (secondary N) is 2. The molecule has 0 atom stereocenters. The van der Waals surface area contributed by atoms with Crippen LogP contribution in [-0.4, -0.2) is 19.0 Å². The molecule has 0 spiro atoms. The molecule has 0 heterocycles. The molecule has 94 valence electrons. The molecule has 1 aromatic carbocycles. The van der Waals surface area contributed by atoms with Crippen molar-refractivity contribution < 1.29 is 4.79 Å². The van der Waals surface area contributed by atoms with Crippen LogP contribution in [0, 0.1) is 12.8 Å². The lowest BCUT2D eigenvalue weighted by atomic mass is 10.1. The van der Waals surface area contributed by atoms with Crippen LogP contribution in [0.3, 0.4) is 0 Å². The number of carbonyl (C=O) groups is 1. The number of aryl methyl sites for hydroxylation is 1. The second-order valence-corrected chi connectivity index (χ2v) is 4.77. The average Bonchev–Trinajstić information content (AvgIpc) is 2.27. The third-order valence-electron chi connectivity index (χ3n) is 2.52. The highest BCUT2D eigenvalue weighted by Gasteiger charge is 2.01. The molecule has 1 rings (SSSR count). The average molecular weight is 234 g/mol. The predicted molar refractivity (Wildman–Crippen MR) is 72.1 cm³/mol. The van der Waals surface area contributed by atoms with Crippen molar-refractivity contribution in [3.05, 3.63) is 29.8 Å². The van der Waals surface area contributed by atoms with Gasteiger partial charge in [-0.3, -0.25) is 4.79 Å². The first kappa shape index (κ1) is 13.7. The number of anilines is 1. The van der Waals surface area contributed by atoms with Gasteiger partial charge >= 0.3 is 0 Å². The summed E-state index contributed by atoms with van der Waals surface area (Å²) in [5.41, 5.74) is 2.05. The van der Waals surface area contributed by atoms with Gasteiger partial charge in [0.2, 0.25) is 5.91 Å².